The molecule has 1 unspecified atom stereocenters. The van der Waals surface area contributed by atoms with E-state index in [1.165, 1.54) is 161 Å². The molecule has 372 valence electrons. The van der Waals surface area contributed by atoms with Crippen LogP contribution >= 0.6 is 0 Å². The van der Waals surface area contributed by atoms with Gasteiger partial charge in [-0.15, -0.1) is 0 Å². The van der Waals surface area contributed by atoms with Crippen molar-refractivity contribution in [3.05, 3.63) is 60.8 Å². The number of carbonyl (C=O) groups is 2. The topological polar surface area (TPSA) is 61.8 Å². The molecule has 0 aliphatic rings. The Morgan fingerprint density at radius 2 is 0.719 bits per heavy atom. The number of esters is 2. The molecule has 5 nitrogen and oxygen atoms in total. The molecule has 0 aromatic carbocycles. The average Bonchev–Trinajstić information content (AvgIpc) is 3.30. The summed E-state index contributed by atoms with van der Waals surface area (Å²) in [4.78, 5) is 25.4. The van der Waals surface area contributed by atoms with Crippen LogP contribution in [0.1, 0.15) is 278 Å². The van der Waals surface area contributed by atoms with Crippen LogP contribution in [0.25, 0.3) is 0 Å². The fourth-order valence-electron chi connectivity index (χ4n) is 7.90. The lowest BCUT2D eigenvalue weighted by atomic mass is 10.0. The molecule has 0 aliphatic carbocycles. The minimum absolute atomic E-state index is 0.0762. The van der Waals surface area contributed by atoms with Gasteiger partial charge in [-0.25, -0.2) is 0 Å². The Morgan fingerprint density at radius 1 is 0.359 bits per heavy atom. The van der Waals surface area contributed by atoms with E-state index in [0.29, 0.717) is 19.4 Å². The molecule has 0 aliphatic heterocycles. The summed E-state index contributed by atoms with van der Waals surface area (Å²) >= 11 is 0. The highest BCUT2D eigenvalue weighted by Crippen LogP contribution is 2.16. The summed E-state index contributed by atoms with van der Waals surface area (Å²) in [7, 11) is 0. The van der Waals surface area contributed by atoms with Gasteiger partial charge in [-0.05, 0) is 77.0 Å². The lowest BCUT2D eigenvalue weighted by Gasteiger charge is -2.18. The molecule has 0 rings (SSSR count). The minimum atomic E-state index is -0.549. The smallest absolute Gasteiger partial charge is 0.306 e. The van der Waals surface area contributed by atoms with Crippen molar-refractivity contribution in [2.75, 3.05) is 19.8 Å². The Hall–Kier alpha value is -2.40. The average molecular weight is 895 g/mol. The van der Waals surface area contributed by atoms with Gasteiger partial charge in [0.25, 0.3) is 0 Å². The van der Waals surface area contributed by atoms with Gasteiger partial charge in [0.1, 0.15) is 6.61 Å². The number of unbranched alkanes of at least 4 members (excludes halogenated alkanes) is 30. The predicted octanol–water partition coefficient (Wildman–Crippen LogP) is 18.9. The lowest BCUT2D eigenvalue weighted by molar-refractivity contribution is -0.163. The Bertz CT molecular complexity index is 1100. The first-order valence-electron chi connectivity index (χ1n) is 27.8. The SMILES string of the molecule is CC/C=C\C/C=C\C/C=C\C/C=C\CCCCCCCOCC(COC(=O)CCCCCCCCCCCCCCCCCCCCC)OC(=O)CCCCCCC/C=C\CCCC. The van der Waals surface area contributed by atoms with E-state index >= 15 is 0 Å². The molecule has 0 aromatic rings. The minimum Gasteiger partial charge on any atom is -0.462 e. The van der Waals surface area contributed by atoms with E-state index in [9.17, 15) is 9.59 Å². The quantitative estimate of drug-likeness (QED) is 0.0346. The van der Waals surface area contributed by atoms with E-state index < -0.39 is 6.10 Å². The van der Waals surface area contributed by atoms with Gasteiger partial charge in [0.15, 0.2) is 6.10 Å². The largest absolute Gasteiger partial charge is 0.462 e. The van der Waals surface area contributed by atoms with Crippen molar-refractivity contribution >= 4 is 11.9 Å². The van der Waals surface area contributed by atoms with Crippen LogP contribution in [0.2, 0.25) is 0 Å². The first kappa shape index (κ1) is 61.6. The summed E-state index contributed by atoms with van der Waals surface area (Å²) in [5.74, 6) is -0.408. The first-order valence-corrected chi connectivity index (χ1v) is 27.8. The lowest BCUT2D eigenvalue weighted by Crippen LogP contribution is -2.30. The molecular formula is C59H106O5. The van der Waals surface area contributed by atoms with Crippen molar-refractivity contribution < 1.29 is 23.8 Å². The van der Waals surface area contributed by atoms with Gasteiger partial charge in [-0.3, -0.25) is 9.59 Å². The summed E-state index contributed by atoms with van der Waals surface area (Å²) in [5, 5.41) is 0. The van der Waals surface area contributed by atoms with E-state index in [1.54, 1.807) is 0 Å². The van der Waals surface area contributed by atoms with Crippen LogP contribution in [0.3, 0.4) is 0 Å². The van der Waals surface area contributed by atoms with Crippen LogP contribution in [-0.4, -0.2) is 37.9 Å². The Kier molecular flexibility index (Phi) is 52.9. The molecule has 0 saturated carbocycles. The molecule has 0 saturated heterocycles. The molecule has 0 spiro atoms. The van der Waals surface area contributed by atoms with Gasteiger partial charge >= 0.3 is 11.9 Å². The molecule has 0 N–H and O–H groups in total. The summed E-state index contributed by atoms with van der Waals surface area (Å²) in [6.07, 6.45) is 69.6. The number of hydrogen-bond acceptors (Lipinski definition) is 5. The van der Waals surface area contributed by atoms with Crippen molar-refractivity contribution in [3.8, 4) is 0 Å². The van der Waals surface area contributed by atoms with Crippen LogP contribution in [0, 0.1) is 0 Å². The zero-order valence-electron chi connectivity index (χ0n) is 42.8. The fourth-order valence-corrected chi connectivity index (χ4v) is 7.90. The van der Waals surface area contributed by atoms with Gasteiger partial charge in [-0.1, -0.05) is 248 Å². The number of carbonyl (C=O) groups excluding carboxylic acids is 2. The summed E-state index contributed by atoms with van der Waals surface area (Å²) in [6, 6.07) is 0. The Labute approximate surface area is 398 Å². The van der Waals surface area contributed by atoms with Crippen molar-refractivity contribution in [2.24, 2.45) is 0 Å². The molecule has 5 heteroatoms. The van der Waals surface area contributed by atoms with Gasteiger partial charge < -0.3 is 14.2 Å². The second-order valence-electron chi connectivity index (χ2n) is 18.5. The van der Waals surface area contributed by atoms with Crippen LogP contribution in [0.15, 0.2) is 60.8 Å². The highest BCUT2D eigenvalue weighted by molar-refractivity contribution is 5.70. The van der Waals surface area contributed by atoms with Crippen molar-refractivity contribution in [3.63, 3.8) is 0 Å². The standard InChI is InChI=1S/C59H106O5/c1-4-7-10-13-16-19-22-24-26-28-30-31-33-35-38-40-43-46-49-52-58(60)63-56-57(64-59(61)53-50-47-44-41-37-21-18-15-12-9-6-3)55-62-54-51-48-45-42-39-36-34-32-29-27-25-23-20-17-14-11-8-5-2/h8,11,15,17-18,20,25,27,32,34,57H,4-7,9-10,12-14,16,19,21-24,26,28-31,33,35-56H2,1-3H3/b11-8-,18-15-,20-17-,27-25-,34-32-. The third-order valence-corrected chi connectivity index (χ3v) is 12.0. The van der Waals surface area contributed by atoms with Gasteiger partial charge in [0.2, 0.25) is 0 Å². The summed E-state index contributed by atoms with van der Waals surface area (Å²) in [6.45, 7) is 7.67. The zero-order chi connectivity index (χ0) is 46.3. The molecule has 64 heavy (non-hydrogen) atoms. The second-order valence-corrected chi connectivity index (χ2v) is 18.5. The highest BCUT2D eigenvalue weighted by Gasteiger charge is 2.17. The maximum atomic E-state index is 12.8. The van der Waals surface area contributed by atoms with E-state index in [1.807, 2.05) is 0 Å². The molecule has 0 amide bonds. The van der Waals surface area contributed by atoms with Crippen molar-refractivity contribution in [1.29, 1.82) is 0 Å². The molecule has 0 heterocycles. The fraction of sp³-hybridized carbons (Fsp3) is 0.797. The number of ether oxygens (including phenoxy) is 3. The zero-order valence-corrected chi connectivity index (χ0v) is 42.8. The molecule has 0 aromatic heterocycles. The molecule has 1 atom stereocenters. The van der Waals surface area contributed by atoms with Crippen LogP contribution in [0.5, 0.6) is 0 Å². The van der Waals surface area contributed by atoms with Crippen molar-refractivity contribution in [2.45, 2.75) is 284 Å². The molecule has 0 radical (unpaired) electrons. The monoisotopic (exact) mass is 895 g/mol. The maximum Gasteiger partial charge on any atom is 0.306 e. The normalized spacial score (nSPS) is 12.6. The van der Waals surface area contributed by atoms with Gasteiger partial charge in [-0.2, -0.15) is 0 Å². The van der Waals surface area contributed by atoms with Crippen LogP contribution < -0.4 is 0 Å². The number of hydrogen-bond donors (Lipinski definition) is 0. The summed E-state index contributed by atoms with van der Waals surface area (Å²) < 4.78 is 17.4. The first-order chi connectivity index (χ1) is 31.6. The Balaban J connectivity index is 4.22. The van der Waals surface area contributed by atoms with E-state index in [-0.39, 0.29) is 25.2 Å². The van der Waals surface area contributed by atoms with Crippen LogP contribution in [0.4, 0.5) is 0 Å². The van der Waals surface area contributed by atoms with E-state index in [2.05, 4.69) is 81.5 Å². The molecule has 0 bridgehead atoms. The number of allylic oxidation sites excluding steroid dienone is 10. The van der Waals surface area contributed by atoms with Gasteiger partial charge in [0, 0.05) is 19.4 Å². The Morgan fingerprint density at radius 3 is 1.19 bits per heavy atom. The number of rotatable bonds is 51. The molecular weight excluding hydrogens is 789 g/mol. The molecule has 0 fully saturated rings. The van der Waals surface area contributed by atoms with Gasteiger partial charge in [0.05, 0.1) is 6.61 Å². The summed E-state index contributed by atoms with van der Waals surface area (Å²) in [5.41, 5.74) is 0. The predicted molar refractivity (Wildman–Crippen MR) is 279 cm³/mol. The van der Waals surface area contributed by atoms with E-state index in [0.717, 1.165) is 83.5 Å². The third kappa shape index (κ3) is 52.2. The maximum absolute atomic E-state index is 12.8. The van der Waals surface area contributed by atoms with E-state index in [4.69, 9.17) is 14.2 Å². The highest BCUT2D eigenvalue weighted by atomic mass is 16.6. The third-order valence-electron chi connectivity index (χ3n) is 12.0. The van der Waals surface area contributed by atoms with Crippen LogP contribution in [-0.2, 0) is 23.8 Å². The van der Waals surface area contributed by atoms with Crippen molar-refractivity contribution in [1.82, 2.24) is 0 Å². The second kappa shape index (κ2) is 54.9.